The number of aliphatic hydroxyl groups is 1. The van der Waals surface area contributed by atoms with E-state index < -0.39 is 6.10 Å². The van der Waals surface area contributed by atoms with Crippen LogP contribution in [0.1, 0.15) is 18.0 Å². The van der Waals surface area contributed by atoms with E-state index in [9.17, 15) is 5.11 Å². The molecule has 3 atom stereocenters. The van der Waals surface area contributed by atoms with Gasteiger partial charge in [-0.05, 0) is 18.5 Å². The number of rotatable bonds is 2. The predicted octanol–water partition coefficient (Wildman–Crippen LogP) is 1.66. The molecule has 112 valence electrons. The lowest BCUT2D eigenvalue weighted by molar-refractivity contribution is 0.0119. The second-order valence-electron chi connectivity index (χ2n) is 6.13. The Labute approximate surface area is 129 Å². The van der Waals surface area contributed by atoms with Gasteiger partial charge in [0, 0.05) is 18.0 Å². The van der Waals surface area contributed by atoms with E-state index in [0.29, 0.717) is 13.1 Å². The summed E-state index contributed by atoms with van der Waals surface area (Å²) < 4.78 is 2.19. The monoisotopic (exact) mass is 294 g/mol. The van der Waals surface area contributed by atoms with E-state index >= 15 is 0 Å². The van der Waals surface area contributed by atoms with Crippen molar-refractivity contribution in [1.29, 1.82) is 5.26 Å². The van der Waals surface area contributed by atoms with E-state index in [2.05, 4.69) is 33.8 Å². The van der Waals surface area contributed by atoms with E-state index in [4.69, 9.17) is 5.26 Å². The van der Waals surface area contributed by atoms with Crippen LogP contribution in [0.2, 0.25) is 0 Å². The zero-order valence-corrected chi connectivity index (χ0v) is 12.3. The standard InChI is InChI=1S/C17H18N4O/c18-6-8-20-7-5-14(16(22)10-20)17-13-4-2-1-3-12(13)15-9-19-11-21(15)17/h1-4,9,11,14,16-17,22H,5,7-8,10H2/t14-,16-,17+/m1/s1. The van der Waals surface area contributed by atoms with Gasteiger partial charge in [0.25, 0.3) is 0 Å². The van der Waals surface area contributed by atoms with Crippen molar-refractivity contribution in [2.45, 2.75) is 18.6 Å². The van der Waals surface area contributed by atoms with Crippen molar-refractivity contribution in [2.24, 2.45) is 5.92 Å². The molecule has 0 radical (unpaired) electrons. The van der Waals surface area contributed by atoms with Gasteiger partial charge in [0.05, 0.1) is 43.0 Å². The highest BCUT2D eigenvalue weighted by atomic mass is 16.3. The molecule has 22 heavy (non-hydrogen) atoms. The Kier molecular flexibility index (Phi) is 3.21. The van der Waals surface area contributed by atoms with Gasteiger partial charge >= 0.3 is 0 Å². The molecule has 4 rings (SSSR count). The molecule has 1 fully saturated rings. The number of benzene rings is 1. The summed E-state index contributed by atoms with van der Waals surface area (Å²) in [6.07, 6.45) is 4.23. The summed E-state index contributed by atoms with van der Waals surface area (Å²) in [6.45, 7) is 1.82. The topological polar surface area (TPSA) is 65.1 Å². The lowest BCUT2D eigenvalue weighted by atomic mass is 9.83. The number of nitrogens with zero attached hydrogens (tertiary/aromatic N) is 4. The first-order valence-corrected chi connectivity index (χ1v) is 7.68. The number of aliphatic hydroxyl groups excluding tert-OH is 1. The first-order valence-electron chi connectivity index (χ1n) is 7.68. The van der Waals surface area contributed by atoms with Gasteiger partial charge in [-0.2, -0.15) is 5.26 Å². The summed E-state index contributed by atoms with van der Waals surface area (Å²) in [4.78, 5) is 6.31. The van der Waals surface area contributed by atoms with Gasteiger partial charge in [0.2, 0.25) is 0 Å². The number of hydrogen-bond acceptors (Lipinski definition) is 4. The molecular weight excluding hydrogens is 276 g/mol. The summed E-state index contributed by atoms with van der Waals surface area (Å²) in [5.74, 6) is 0.159. The zero-order chi connectivity index (χ0) is 15.1. The molecule has 1 saturated heterocycles. The molecule has 3 heterocycles. The Balaban J connectivity index is 1.68. The van der Waals surface area contributed by atoms with Crippen LogP contribution in [0, 0.1) is 17.2 Å². The zero-order valence-electron chi connectivity index (χ0n) is 12.3. The fourth-order valence-electron chi connectivity index (χ4n) is 3.94. The average molecular weight is 294 g/mol. The van der Waals surface area contributed by atoms with Crippen LogP contribution in [0.15, 0.2) is 36.8 Å². The molecule has 0 saturated carbocycles. The fourth-order valence-corrected chi connectivity index (χ4v) is 3.94. The number of likely N-dealkylation sites (tertiary alicyclic amines) is 1. The minimum atomic E-state index is -0.423. The Morgan fingerprint density at radius 2 is 2.23 bits per heavy atom. The SMILES string of the molecule is N#CCN1CC[C@@H]([C@@H]2c3ccccc3-c3cncn32)[C@H](O)C1. The number of nitriles is 1. The molecule has 1 aromatic carbocycles. The molecule has 5 heteroatoms. The van der Waals surface area contributed by atoms with Gasteiger partial charge in [-0.25, -0.2) is 4.98 Å². The highest BCUT2D eigenvalue weighted by Gasteiger charge is 2.40. The minimum absolute atomic E-state index is 0.146. The van der Waals surface area contributed by atoms with Gasteiger partial charge in [-0.15, -0.1) is 0 Å². The Morgan fingerprint density at radius 3 is 3.05 bits per heavy atom. The normalized spacial score (nSPS) is 27.2. The van der Waals surface area contributed by atoms with Gasteiger partial charge in [0.15, 0.2) is 0 Å². The molecule has 1 N–H and O–H groups in total. The maximum absolute atomic E-state index is 10.6. The summed E-state index contributed by atoms with van der Waals surface area (Å²) in [6, 6.07) is 10.7. The molecule has 0 spiro atoms. The van der Waals surface area contributed by atoms with Crippen LogP contribution in [0.25, 0.3) is 11.3 Å². The van der Waals surface area contributed by atoms with E-state index in [0.717, 1.165) is 18.7 Å². The number of hydrogen-bond donors (Lipinski definition) is 1. The first-order chi connectivity index (χ1) is 10.8. The lowest BCUT2D eigenvalue weighted by Gasteiger charge is -2.38. The third-order valence-electron chi connectivity index (χ3n) is 4.94. The maximum Gasteiger partial charge on any atom is 0.0956 e. The van der Waals surface area contributed by atoms with Crippen molar-refractivity contribution in [3.63, 3.8) is 0 Å². The van der Waals surface area contributed by atoms with Crippen LogP contribution in [0.5, 0.6) is 0 Å². The minimum Gasteiger partial charge on any atom is -0.391 e. The second-order valence-corrected chi connectivity index (χ2v) is 6.13. The molecule has 0 unspecified atom stereocenters. The molecule has 0 amide bonds. The van der Waals surface area contributed by atoms with Crippen molar-refractivity contribution in [2.75, 3.05) is 19.6 Å². The summed E-state index contributed by atoms with van der Waals surface area (Å²) in [7, 11) is 0. The molecule has 2 aliphatic rings. The van der Waals surface area contributed by atoms with Gasteiger partial charge in [-0.1, -0.05) is 24.3 Å². The largest absolute Gasteiger partial charge is 0.391 e. The predicted molar refractivity (Wildman–Crippen MR) is 82.0 cm³/mol. The van der Waals surface area contributed by atoms with Crippen LogP contribution < -0.4 is 0 Å². The van der Waals surface area contributed by atoms with Gasteiger partial charge < -0.3 is 9.67 Å². The Bertz CT molecular complexity index is 732. The third-order valence-corrected chi connectivity index (χ3v) is 4.94. The van der Waals surface area contributed by atoms with Crippen LogP contribution in [0.3, 0.4) is 0 Å². The number of β-amino-alcohol motifs (C(OH)–C–C–N with tert-alkyl or cyclic N) is 1. The van der Waals surface area contributed by atoms with E-state index in [1.807, 2.05) is 23.5 Å². The lowest BCUT2D eigenvalue weighted by Crippen LogP contribution is -2.46. The maximum atomic E-state index is 10.6. The molecule has 0 aliphatic carbocycles. The van der Waals surface area contributed by atoms with E-state index in [-0.39, 0.29) is 12.0 Å². The summed E-state index contributed by atoms with van der Waals surface area (Å²) in [5.41, 5.74) is 3.63. The van der Waals surface area contributed by atoms with Crippen molar-refractivity contribution >= 4 is 0 Å². The van der Waals surface area contributed by atoms with Crippen LogP contribution in [-0.2, 0) is 0 Å². The third kappa shape index (κ3) is 1.96. The van der Waals surface area contributed by atoms with Crippen molar-refractivity contribution in [1.82, 2.24) is 14.5 Å². The first kappa shape index (κ1) is 13.5. The van der Waals surface area contributed by atoms with Crippen LogP contribution in [-0.4, -0.2) is 45.3 Å². The molecular formula is C17H18N4O. The highest BCUT2D eigenvalue weighted by Crippen LogP contribution is 2.45. The van der Waals surface area contributed by atoms with E-state index in [1.165, 1.54) is 11.1 Å². The quantitative estimate of drug-likeness (QED) is 0.856. The smallest absolute Gasteiger partial charge is 0.0956 e. The number of fused-ring (bicyclic) bond motifs is 3. The van der Waals surface area contributed by atoms with Crippen LogP contribution >= 0.6 is 0 Å². The van der Waals surface area contributed by atoms with Crippen LogP contribution in [0.4, 0.5) is 0 Å². The molecule has 5 nitrogen and oxygen atoms in total. The Morgan fingerprint density at radius 1 is 1.36 bits per heavy atom. The van der Waals surface area contributed by atoms with E-state index in [1.54, 1.807) is 0 Å². The number of piperidine rings is 1. The average Bonchev–Trinajstić information content (AvgIpc) is 3.09. The highest BCUT2D eigenvalue weighted by molar-refractivity contribution is 5.69. The molecule has 1 aromatic heterocycles. The number of imidazole rings is 1. The summed E-state index contributed by atoms with van der Waals surface area (Å²) >= 11 is 0. The van der Waals surface area contributed by atoms with Crippen molar-refractivity contribution in [3.05, 3.63) is 42.4 Å². The molecule has 2 aromatic rings. The second kappa shape index (κ2) is 5.24. The van der Waals surface area contributed by atoms with Gasteiger partial charge in [0.1, 0.15) is 0 Å². The van der Waals surface area contributed by atoms with Crippen molar-refractivity contribution in [3.8, 4) is 17.3 Å². The van der Waals surface area contributed by atoms with Crippen molar-refractivity contribution < 1.29 is 5.11 Å². The fraction of sp³-hybridized carbons (Fsp3) is 0.412. The van der Waals surface area contributed by atoms with Gasteiger partial charge in [-0.3, -0.25) is 4.90 Å². The molecule has 0 bridgehead atoms. The molecule has 2 aliphatic heterocycles. The Hall–Kier alpha value is -2.16. The summed E-state index contributed by atoms with van der Waals surface area (Å²) in [5, 5.41) is 19.5. The number of aromatic nitrogens is 2.